The van der Waals surface area contributed by atoms with Crippen molar-refractivity contribution >= 4 is 22.8 Å². The van der Waals surface area contributed by atoms with Gasteiger partial charge in [-0.1, -0.05) is 0 Å². The Kier molecular flexibility index (Phi) is 4.98. The van der Waals surface area contributed by atoms with Gasteiger partial charge < -0.3 is 24.7 Å². The van der Waals surface area contributed by atoms with E-state index in [2.05, 4.69) is 25.0 Å². The van der Waals surface area contributed by atoms with E-state index in [1.165, 1.54) is 5.56 Å². The minimum absolute atomic E-state index is 0.252. The van der Waals surface area contributed by atoms with Gasteiger partial charge in [0.05, 0.1) is 24.4 Å². The second-order valence-electron chi connectivity index (χ2n) is 9.27. The molecule has 1 aliphatic rings. The highest BCUT2D eigenvalue weighted by molar-refractivity contribution is 5.92. The Morgan fingerprint density at radius 2 is 2.04 bits per heavy atom. The summed E-state index contributed by atoms with van der Waals surface area (Å²) >= 11 is 0. The molecule has 2 N–H and O–H groups in total. The number of aryl methyl sites for hydroxylation is 1. The lowest BCUT2D eigenvalue weighted by atomic mass is 9.79. The van der Waals surface area contributed by atoms with Crippen molar-refractivity contribution in [1.82, 2.24) is 14.5 Å². The SMILES string of the molecule is COc1c(N)cnc2c1c([C@H]1CCN(C(=O)OC(C)(C)C)C(C)(C)C1)cn2C. The highest BCUT2D eigenvalue weighted by Crippen LogP contribution is 2.44. The van der Waals surface area contributed by atoms with E-state index < -0.39 is 5.60 Å². The van der Waals surface area contributed by atoms with Gasteiger partial charge in [-0.05, 0) is 58.9 Å². The Morgan fingerprint density at radius 1 is 1.36 bits per heavy atom. The van der Waals surface area contributed by atoms with Crippen LogP contribution in [0.1, 0.15) is 58.9 Å². The van der Waals surface area contributed by atoms with E-state index in [-0.39, 0.29) is 17.6 Å². The number of anilines is 1. The number of carbonyl (C=O) groups excluding carboxylic acids is 1. The first-order valence-corrected chi connectivity index (χ1v) is 9.72. The molecule has 3 rings (SSSR count). The van der Waals surface area contributed by atoms with Crippen LogP contribution in [0.25, 0.3) is 11.0 Å². The van der Waals surface area contributed by atoms with Crippen molar-refractivity contribution < 1.29 is 14.3 Å². The maximum atomic E-state index is 12.7. The summed E-state index contributed by atoms with van der Waals surface area (Å²) in [5, 5.41) is 0.969. The molecule has 2 aromatic heterocycles. The molecule has 7 nitrogen and oxygen atoms in total. The molecule has 1 saturated heterocycles. The van der Waals surface area contributed by atoms with Crippen molar-refractivity contribution in [3.8, 4) is 5.75 Å². The number of nitrogens with two attached hydrogens (primary N) is 1. The normalized spacial score (nSPS) is 19.7. The average Bonchev–Trinajstić information content (AvgIpc) is 2.89. The van der Waals surface area contributed by atoms with E-state index in [1.807, 2.05) is 37.3 Å². The van der Waals surface area contributed by atoms with Crippen molar-refractivity contribution in [1.29, 1.82) is 0 Å². The molecule has 7 heteroatoms. The van der Waals surface area contributed by atoms with Gasteiger partial charge in [0.15, 0.2) is 5.75 Å². The maximum absolute atomic E-state index is 12.7. The lowest BCUT2D eigenvalue weighted by Crippen LogP contribution is -2.53. The number of nitrogens with zero attached hydrogens (tertiary/aromatic N) is 3. The Bertz CT molecular complexity index is 895. The summed E-state index contributed by atoms with van der Waals surface area (Å²) in [5.41, 5.74) is 7.85. The van der Waals surface area contributed by atoms with Crippen molar-refractivity contribution in [2.24, 2.45) is 7.05 Å². The molecule has 1 aliphatic heterocycles. The van der Waals surface area contributed by atoms with Gasteiger partial charge in [0.1, 0.15) is 11.2 Å². The first-order chi connectivity index (χ1) is 12.9. The fraction of sp³-hybridized carbons (Fsp3) is 0.619. The number of carbonyl (C=O) groups is 1. The van der Waals surface area contributed by atoms with Gasteiger partial charge in [-0.15, -0.1) is 0 Å². The number of piperidine rings is 1. The third kappa shape index (κ3) is 3.62. The molecule has 0 aliphatic carbocycles. The van der Waals surface area contributed by atoms with Gasteiger partial charge in [-0.25, -0.2) is 9.78 Å². The largest absolute Gasteiger partial charge is 0.494 e. The molecular weight excluding hydrogens is 356 g/mol. The van der Waals surface area contributed by atoms with Crippen LogP contribution in [0, 0.1) is 0 Å². The Morgan fingerprint density at radius 3 is 2.61 bits per heavy atom. The predicted molar refractivity (Wildman–Crippen MR) is 111 cm³/mol. The molecule has 0 radical (unpaired) electrons. The summed E-state index contributed by atoms with van der Waals surface area (Å²) in [4.78, 5) is 19.0. The highest BCUT2D eigenvalue weighted by Gasteiger charge is 2.41. The third-order valence-electron chi connectivity index (χ3n) is 5.43. The number of rotatable bonds is 2. The number of nitrogen functional groups attached to an aromatic ring is 1. The second-order valence-corrected chi connectivity index (χ2v) is 9.27. The molecule has 1 atom stereocenters. The first kappa shape index (κ1) is 20.3. The summed E-state index contributed by atoms with van der Waals surface area (Å²) in [6, 6.07) is 0. The van der Waals surface area contributed by atoms with E-state index in [1.54, 1.807) is 13.3 Å². The van der Waals surface area contributed by atoms with E-state index in [0.717, 1.165) is 23.9 Å². The summed E-state index contributed by atoms with van der Waals surface area (Å²) in [7, 11) is 3.62. The van der Waals surface area contributed by atoms with E-state index in [4.69, 9.17) is 15.2 Å². The quantitative estimate of drug-likeness (QED) is 0.839. The second kappa shape index (κ2) is 6.87. The Balaban J connectivity index is 1.94. The van der Waals surface area contributed by atoms with Gasteiger partial charge in [-0.3, -0.25) is 0 Å². The van der Waals surface area contributed by atoms with Crippen molar-refractivity contribution in [3.63, 3.8) is 0 Å². The summed E-state index contributed by atoms with van der Waals surface area (Å²) in [6.07, 6.45) is 5.17. The van der Waals surface area contributed by atoms with Gasteiger partial charge in [0.2, 0.25) is 0 Å². The number of hydrogen-bond donors (Lipinski definition) is 1. The molecule has 3 heterocycles. The van der Waals surface area contributed by atoms with E-state index >= 15 is 0 Å². The number of pyridine rings is 1. The van der Waals surface area contributed by atoms with Crippen LogP contribution in [-0.4, -0.2) is 45.3 Å². The monoisotopic (exact) mass is 388 g/mol. The van der Waals surface area contributed by atoms with Crippen LogP contribution in [-0.2, 0) is 11.8 Å². The van der Waals surface area contributed by atoms with E-state index in [0.29, 0.717) is 18.0 Å². The molecule has 0 spiro atoms. The zero-order valence-corrected chi connectivity index (χ0v) is 18.0. The molecule has 154 valence electrons. The molecule has 0 bridgehead atoms. The van der Waals surface area contributed by atoms with Crippen molar-refractivity contribution in [3.05, 3.63) is 18.0 Å². The van der Waals surface area contributed by atoms with Crippen LogP contribution < -0.4 is 10.5 Å². The summed E-state index contributed by atoms with van der Waals surface area (Å²) < 4.78 is 13.2. The smallest absolute Gasteiger partial charge is 0.410 e. The maximum Gasteiger partial charge on any atom is 0.410 e. The predicted octanol–water partition coefficient (Wildman–Crippen LogP) is 4.06. The fourth-order valence-electron chi connectivity index (χ4n) is 4.21. The Labute approximate surface area is 166 Å². The zero-order valence-electron chi connectivity index (χ0n) is 18.0. The van der Waals surface area contributed by atoms with Gasteiger partial charge in [-0.2, -0.15) is 0 Å². The van der Waals surface area contributed by atoms with Crippen LogP contribution in [0.15, 0.2) is 12.4 Å². The Hall–Kier alpha value is -2.44. The first-order valence-electron chi connectivity index (χ1n) is 9.72. The zero-order chi connectivity index (χ0) is 20.9. The lowest BCUT2D eigenvalue weighted by Gasteiger charge is -2.45. The number of amides is 1. The lowest BCUT2D eigenvalue weighted by molar-refractivity contribution is -0.00926. The van der Waals surface area contributed by atoms with Crippen LogP contribution in [0.2, 0.25) is 0 Å². The molecule has 1 fully saturated rings. The number of hydrogen-bond acceptors (Lipinski definition) is 5. The molecular formula is C21H32N4O3. The summed E-state index contributed by atoms with van der Waals surface area (Å²) in [5.74, 6) is 0.947. The molecule has 28 heavy (non-hydrogen) atoms. The summed E-state index contributed by atoms with van der Waals surface area (Å²) in [6.45, 7) is 10.5. The molecule has 0 unspecified atom stereocenters. The molecule has 1 amide bonds. The minimum Gasteiger partial charge on any atom is -0.494 e. The average molecular weight is 389 g/mol. The van der Waals surface area contributed by atoms with Crippen LogP contribution in [0.5, 0.6) is 5.75 Å². The minimum atomic E-state index is -0.504. The topological polar surface area (TPSA) is 82.6 Å². The van der Waals surface area contributed by atoms with Gasteiger partial charge >= 0.3 is 6.09 Å². The number of methoxy groups -OCH3 is 1. The standard InChI is InChI=1S/C21H32N4O3/c1-20(2,3)28-19(26)25-9-8-13(10-21(25,4)5)14-12-24(6)18-16(14)17(27-7)15(22)11-23-18/h11-13H,8-10,22H2,1-7H3/t13-/m0/s1. The molecule has 0 aromatic carbocycles. The third-order valence-corrected chi connectivity index (χ3v) is 5.43. The van der Waals surface area contributed by atoms with Gasteiger partial charge in [0, 0.05) is 25.3 Å². The fourth-order valence-corrected chi connectivity index (χ4v) is 4.21. The van der Waals surface area contributed by atoms with Crippen LogP contribution >= 0.6 is 0 Å². The number of fused-ring (bicyclic) bond motifs is 1. The van der Waals surface area contributed by atoms with Gasteiger partial charge in [0.25, 0.3) is 0 Å². The number of aromatic nitrogens is 2. The number of likely N-dealkylation sites (tertiary alicyclic amines) is 1. The van der Waals surface area contributed by atoms with Crippen LogP contribution in [0.4, 0.5) is 10.5 Å². The van der Waals surface area contributed by atoms with E-state index in [9.17, 15) is 4.79 Å². The number of ether oxygens (including phenoxy) is 2. The molecule has 2 aromatic rings. The van der Waals surface area contributed by atoms with Crippen molar-refractivity contribution in [2.45, 2.75) is 64.5 Å². The molecule has 0 saturated carbocycles. The van der Waals surface area contributed by atoms with Crippen LogP contribution in [0.3, 0.4) is 0 Å². The highest BCUT2D eigenvalue weighted by atomic mass is 16.6. The van der Waals surface area contributed by atoms with Crippen molar-refractivity contribution in [2.75, 3.05) is 19.4 Å².